The van der Waals surface area contributed by atoms with Crippen molar-refractivity contribution in [2.45, 2.75) is 18.7 Å². The van der Waals surface area contributed by atoms with Crippen LogP contribution < -0.4 is 10.5 Å². The minimum absolute atomic E-state index is 0.122. The predicted octanol–water partition coefficient (Wildman–Crippen LogP) is 4.21. The first kappa shape index (κ1) is 16.3. The first-order valence-corrected chi connectivity index (χ1v) is 9.12. The van der Waals surface area contributed by atoms with E-state index in [1.165, 1.54) is 0 Å². The Kier molecular flexibility index (Phi) is 4.65. The number of hydrogen-bond acceptors (Lipinski definition) is 3. The number of nitrogen functional groups attached to an aromatic ring is 1. The van der Waals surface area contributed by atoms with Crippen molar-refractivity contribution in [2.24, 2.45) is 0 Å². The van der Waals surface area contributed by atoms with E-state index in [4.69, 9.17) is 5.73 Å². The molecule has 21 heavy (non-hydrogen) atoms. The molecular formula is C14H14Br2N2O2S. The summed E-state index contributed by atoms with van der Waals surface area (Å²) >= 11 is 6.50. The van der Waals surface area contributed by atoms with Crippen molar-refractivity contribution in [3.8, 4) is 0 Å². The molecule has 0 saturated carbocycles. The van der Waals surface area contributed by atoms with E-state index >= 15 is 0 Å². The summed E-state index contributed by atoms with van der Waals surface area (Å²) in [6, 6.07) is 8.65. The van der Waals surface area contributed by atoms with Gasteiger partial charge in [0, 0.05) is 14.6 Å². The maximum atomic E-state index is 12.6. The number of sulfonamides is 1. The lowest BCUT2D eigenvalue weighted by Crippen LogP contribution is -2.15. The fourth-order valence-corrected chi connectivity index (χ4v) is 5.71. The molecule has 0 fully saturated rings. The number of nitrogens with one attached hydrogen (secondary N) is 1. The maximum absolute atomic E-state index is 12.6. The van der Waals surface area contributed by atoms with Gasteiger partial charge in [-0.05, 0) is 69.5 Å². The third kappa shape index (κ3) is 3.59. The molecule has 0 saturated heterocycles. The van der Waals surface area contributed by atoms with Crippen LogP contribution in [-0.4, -0.2) is 8.42 Å². The fourth-order valence-electron chi connectivity index (χ4n) is 1.96. The molecule has 0 heterocycles. The number of nitrogens with two attached hydrogens (primary N) is 1. The minimum atomic E-state index is -3.73. The predicted molar refractivity (Wildman–Crippen MR) is 93.0 cm³/mol. The van der Waals surface area contributed by atoms with Gasteiger partial charge in [-0.25, -0.2) is 8.42 Å². The SMILES string of the molecule is Cc1ccc(NS(=O)(=O)c2c(Br)cc(N)cc2Br)c(C)c1. The molecule has 7 heteroatoms. The van der Waals surface area contributed by atoms with Crippen LogP contribution in [0.3, 0.4) is 0 Å². The number of anilines is 2. The van der Waals surface area contributed by atoms with Crippen LogP contribution in [0.4, 0.5) is 11.4 Å². The van der Waals surface area contributed by atoms with Crippen LogP contribution in [0.1, 0.15) is 11.1 Å². The number of aryl methyl sites for hydroxylation is 2. The molecule has 0 radical (unpaired) electrons. The average Bonchev–Trinajstić information content (AvgIpc) is 2.30. The zero-order valence-corrected chi connectivity index (χ0v) is 15.4. The van der Waals surface area contributed by atoms with Crippen LogP contribution in [0.5, 0.6) is 0 Å². The van der Waals surface area contributed by atoms with Gasteiger partial charge in [0.1, 0.15) is 4.90 Å². The number of hydrogen-bond donors (Lipinski definition) is 2. The molecule has 0 aromatic heterocycles. The fraction of sp³-hybridized carbons (Fsp3) is 0.143. The first-order chi connectivity index (χ1) is 9.70. The number of halogens is 2. The maximum Gasteiger partial charge on any atom is 0.264 e. The highest BCUT2D eigenvalue weighted by Gasteiger charge is 2.22. The summed E-state index contributed by atoms with van der Waals surface area (Å²) in [5.74, 6) is 0. The third-order valence-corrected chi connectivity index (χ3v) is 6.16. The van der Waals surface area contributed by atoms with Crippen molar-refractivity contribution in [3.05, 3.63) is 50.4 Å². The van der Waals surface area contributed by atoms with E-state index in [1.807, 2.05) is 26.0 Å². The zero-order chi connectivity index (χ0) is 15.8. The molecule has 0 bridgehead atoms. The lowest BCUT2D eigenvalue weighted by Gasteiger charge is -2.14. The van der Waals surface area contributed by atoms with E-state index in [1.54, 1.807) is 18.2 Å². The summed E-state index contributed by atoms with van der Waals surface area (Å²) < 4.78 is 28.6. The molecule has 0 aliphatic heterocycles. The van der Waals surface area contributed by atoms with Gasteiger partial charge >= 0.3 is 0 Å². The highest BCUT2D eigenvalue weighted by molar-refractivity contribution is 9.11. The standard InChI is InChI=1S/C14H14Br2N2O2S/c1-8-3-4-13(9(2)5-8)18-21(19,20)14-11(15)6-10(17)7-12(14)16/h3-7,18H,17H2,1-2H3. The average molecular weight is 434 g/mol. The molecule has 2 aromatic carbocycles. The van der Waals surface area contributed by atoms with Crippen molar-refractivity contribution in [1.29, 1.82) is 0 Å². The van der Waals surface area contributed by atoms with Gasteiger partial charge in [0.25, 0.3) is 10.0 Å². The number of benzene rings is 2. The minimum Gasteiger partial charge on any atom is -0.399 e. The van der Waals surface area contributed by atoms with Gasteiger partial charge in [-0.3, -0.25) is 4.72 Å². The summed E-state index contributed by atoms with van der Waals surface area (Å²) in [5, 5.41) is 0. The van der Waals surface area contributed by atoms with Crippen molar-refractivity contribution < 1.29 is 8.42 Å². The van der Waals surface area contributed by atoms with Gasteiger partial charge in [0.05, 0.1) is 5.69 Å². The van der Waals surface area contributed by atoms with Crippen LogP contribution in [0, 0.1) is 13.8 Å². The van der Waals surface area contributed by atoms with Crippen molar-refractivity contribution >= 4 is 53.3 Å². The number of rotatable bonds is 3. The second-order valence-corrected chi connectivity index (χ2v) is 8.07. The van der Waals surface area contributed by atoms with Crippen LogP contribution in [0.2, 0.25) is 0 Å². The lowest BCUT2D eigenvalue weighted by atomic mass is 10.1. The molecule has 0 aliphatic carbocycles. The topological polar surface area (TPSA) is 72.2 Å². The third-order valence-electron chi connectivity index (χ3n) is 2.92. The molecule has 0 aliphatic rings. The summed E-state index contributed by atoms with van der Waals surface area (Å²) in [6.07, 6.45) is 0. The molecule has 0 spiro atoms. The zero-order valence-electron chi connectivity index (χ0n) is 11.4. The Labute approximate surface area is 141 Å². The van der Waals surface area contributed by atoms with E-state index in [-0.39, 0.29) is 4.90 Å². The first-order valence-electron chi connectivity index (χ1n) is 6.05. The second-order valence-electron chi connectivity index (χ2n) is 4.74. The molecule has 2 aromatic rings. The largest absolute Gasteiger partial charge is 0.399 e. The monoisotopic (exact) mass is 432 g/mol. The van der Waals surface area contributed by atoms with Crippen molar-refractivity contribution in [1.82, 2.24) is 0 Å². The Morgan fingerprint density at radius 3 is 2.14 bits per heavy atom. The van der Waals surface area contributed by atoms with Crippen molar-refractivity contribution in [3.63, 3.8) is 0 Å². The van der Waals surface area contributed by atoms with Gasteiger partial charge in [-0.1, -0.05) is 17.7 Å². The molecule has 112 valence electrons. The summed E-state index contributed by atoms with van der Waals surface area (Å²) in [4.78, 5) is 0.122. The lowest BCUT2D eigenvalue weighted by molar-refractivity contribution is 0.600. The van der Waals surface area contributed by atoms with Crippen molar-refractivity contribution in [2.75, 3.05) is 10.5 Å². The van der Waals surface area contributed by atoms with Gasteiger partial charge in [0.15, 0.2) is 0 Å². The second kappa shape index (κ2) is 5.98. The van der Waals surface area contributed by atoms with Crippen LogP contribution in [-0.2, 0) is 10.0 Å². The molecule has 0 amide bonds. The summed E-state index contributed by atoms with van der Waals surface area (Å²) in [7, 11) is -3.73. The Morgan fingerprint density at radius 1 is 1.05 bits per heavy atom. The Hall–Kier alpha value is -1.05. The van der Waals surface area contributed by atoms with E-state index < -0.39 is 10.0 Å². The smallest absolute Gasteiger partial charge is 0.264 e. The Balaban J connectivity index is 2.48. The van der Waals surface area contributed by atoms with Gasteiger partial charge in [-0.2, -0.15) is 0 Å². The Bertz CT molecular complexity index is 782. The van der Waals surface area contributed by atoms with Gasteiger partial charge in [0.2, 0.25) is 0 Å². The molecule has 0 unspecified atom stereocenters. The normalized spacial score (nSPS) is 11.4. The molecule has 0 atom stereocenters. The van der Waals surface area contributed by atoms with E-state index in [2.05, 4.69) is 36.6 Å². The summed E-state index contributed by atoms with van der Waals surface area (Å²) in [5.41, 5.74) is 8.65. The van der Waals surface area contributed by atoms with E-state index in [0.717, 1.165) is 11.1 Å². The van der Waals surface area contributed by atoms with Crippen LogP contribution in [0.25, 0.3) is 0 Å². The summed E-state index contributed by atoms with van der Waals surface area (Å²) in [6.45, 7) is 3.82. The Morgan fingerprint density at radius 2 is 1.62 bits per heavy atom. The quantitative estimate of drug-likeness (QED) is 0.712. The molecular weight excluding hydrogens is 420 g/mol. The van der Waals surface area contributed by atoms with E-state index in [0.29, 0.717) is 20.3 Å². The van der Waals surface area contributed by atoms with E-state index in [9.17, 15) is 8.42 Å². The molecule has 4 nitrogen and oxygen atoms in total. The molecule has 2 rings (SSSR count). The van der Waals surface area contributed by atoms with Crippen LogP contribution >= 0.6 is 31.9 Å². The highest BCUT2D eigenvalue weighted by Crippen LogP contribution is 2.34. The van der Waals surface area contributed by atoms with Gasteiger partial charge < -0.3 is 5.73 Å². The van der Waals surface area contributed by atoms with Crippen LogP contribution in [0.15, 0.2) is 44.2 Å². The molecule has 3 N–H and O–H groups in total. The highest BCUT2D eigenvalue weighted by atomic mass is 79.9. The van der Waals surface area contributed by atoms with Gasteiger partial charge in [-0.15, -0.1) is 0 Å².